The first-order chi connectivity index (χ1) is 11.7. The summed E-state index contributed by atoms with van der Waals surface area (Å²) in [4.78, 5) is 14.4. The van der Waals surface area contributed by atoms with E-state index in [4.69, 9.17) is 4.42 Å². The molecule has 0 bridgehead atoms. The molecule has 0 aliphatic carbocycles. The molecule has 1 aromatic heterocycles. The smallest absolute Gasteiger partial charge is 0.277 e. The van der Waals surface area contributed by atoms with Crippen molar-refractivity contribution in [1.29, 1.82) is 0 Å². The van der Waals surface area contributed by atoms with Crippen LogP contribution in [0, 0.1) is 0 Å². The van der Waals surface area contributed by atoms with Gasteiger partial charge in [0.2, 0.25) is 11.8 Å². The van der Waals surface area contributed by atoms with Crippen LogP contribution in [0.25, 0.3) is 0 Å². The van der Waals surface area contributed by atoms with Gasteiger partial charge in [0, 0.05) is 24.5 Å². The average Bonchev–Trinajstić information content (AvgIpc) is 3.26. The van der Waals surface area contributed by atoms with E-state index in [0.29, 0.717) is 16.9 Å². The van der Waals surface area contributed by atoms with Gasteiger partial charge in [-0.3, -0.25) is 4.79 Å². The third kappa shape index (κ3) is 4.67. The third-order valence-corrected chi connectivity index (χ3v) is 5.02. The van der Waals surface area contributed by atoms with Crippen molar-refractivity contribution in [3.63, 3.8) is 0 Å². The maximum Gasteiger partial charge on any atom is 0.277 e. The largest absolute Gasteiger partial charge is 0.415 e. The molecule has 1 fully saturated rings. The summed E-state index contributed by atoms with van der Waals surface area (Å²) in [5.41, 5.74) is 2.02. The fraction of sp³-hybridized carbons (Fsp3) is 0.438. The molecule has 1 saturated heterocycles. The molecular formula is C16H20N4O2S2. The zero-order valence-electron chi connectivity index (χ0n) is 13.5. The molecule has 1 aliphatic heterocycles. The number of rotatable bonds is 7. The summed E-state index contributed by atoms with van der Waals surface area (Å²) < 4.78 is 5.43. The number of amides is 1. The normalized spacial score (nSPS) is 14.1. The molecule has 128 valence electrons. The number of carbonyl (C=O) groups excluding carboxylic acids is 1. The summed E-state index contributed by atoms with van der Waals surface area (Å²) in [6, 6.07) is 8.00. The summed E-state index contributed by atoms with van der Waals surface area (Å²) in [7, 11) is 0. The number of hydrogen-bond acceptors (Lipinski definition) is 7. The third-order valence-electron chi connectivity index (χ3n) is 3.67. The number of hydrogen-bond donors (Lipinski definition) is 1. The van der Waals surface area contributed by atoms with Crippen LogP contribution in [0.1, 0.15) is 18.7 Å². The number of benzene rings is 1. The molecule has 1 aromatic carbocycles. The van der Waals surface area contributed by atoms with Crippen molar-refractivity contribution in [3.05, 3.63) is 30.2 Å². The maximum absolute atomic E-state index is 12.0. The van der Waals surface area contributed by atoms with E-state index < -0.39 is 0 Å². The van der Waals surface area contributed by atoms with Crippen molar-refractivity contribution >= 4 is 40.8 Å². The lowest BCUT2D eigenvalue weighted by molar-refractivity contribution is -0.113. The molecule has 3 rings (SSSR count). The van der Waals surface area contributed by atoms with Gasteiger partial charge >= 0.3 is 0 Å². The van der Waals surface area contributed by atoms with Crippen LogP contribution in [0.3, 0.4) is 0 Å². The Morgan fingerprint density at radius 3 is 2.71 bits per heavy atom. The molecule has 0 radical (unpaired) electrons. The first-order valence-corrected chi connectivity index (χ1v) is 10.2. The van der Waals surface area contributed by atoms with E-state index in [1.165, 1.54) is 30.3 Å². The average molecular weight is 364 g/mol. The van der Waals surface area contributed by atoms with Gasteiger partial charge in [0.25, 0.3) is 5.22 Å². The minimum absolute atomic E-state index is 0.0847. The number of aromatic nitrogens is 2. The molecule has 24 heavy (non-hydrogen) atoms. The summed E-state index contributed by atoms with van der Waals surface area (Å²) in [6.45, 7) is 2.23. The predicted octanol–water partition coefficient (Wildman–Crippen LogP) is 3.26. The summed E-state index contributed by atoms with van der Waals surface area (Å²) >= 11 is 2.86. The Kier molecular flexibility index (Phi) is 6.03. The molecule has 2 heterocycles. The van der Waals surface area contributed by atoms with Gasteiger partial charge in [-0.2, -0.15) is 11.8 Å². The summed E-state index contributed by atoms with van der Waals surface area (Å²) in [6.07, 6.45) is 4.48. The highest BCUT2D eigenvalue weighted by Gasteiger charge is 2.13. The first-order valence-electron chi connectivity index (χ1n) is 7.83. The van der Waals surface area contributed by atoms with Gasteiger partial charge in [0.15, 0.2) is 0 Å². The lowest BCUT2D eigenvalue weighted by Crippen LogP contribution is -2.18. The van der Waals surface area contributed by atoms with Gasteiger partial charge in [0.1, 0.15) is 0 Å². The molecule has 0 atom stereocenters. The van der Waals surface area contributed by atoms with Gasteiger partial charge in [-0.25, -0.2) is 0 Å². The second-order valence-corrected chi connectivity index (χ2v) is 7.27. The Balaban J connectivity index is 1.47. The van der Waals surface area contributed by atoms with Gasteiger partial charge in [-0.1, -0.05) is 11.8 Å². The summed E-state index contributed by atoms with van der Waals surface area (Å²) in [5, 5.41) is 11.2. The first kappa shape index (κ1) is 17.2. The highest BCUT2D eigenvalue weighted by molar-refractivity contribution is 7.99. The van der Waals surface area contributed by atoms with Crippen molar-refractivity contribution in [2.45, 2.75) is 23.8 Å². The van der Waals surface area contributed by atoms with Gasteiger partial charge in [-0.05, 0) is 43.4 Å². The monoisotopic (exact) mass is 364 g/mol. The van der Waals surface area contributed by atoms with Crippen LogP contribution >= 0.6 is 23.5 Å². The van der Waals surface area contributed by atoms with Crippen molar-refractivity contribution in [2.24, 2.45) is 0 Å². The van der Waals surface area contributed by atoms with E-state index in [2.05, 4.69) is 32.5 Å². The minimum Gasteiger partial charge on any atom is -0.415 e. The molecule has 1 amide bonds. The second-order valence-electron chi connectivity index (χ2n) is 5.47. The Bertz CT molecular complexity index is 669. The SMILES string of the molecule is CSCc1nnc(SCC(=O)Nc2ccc(N3CCCC3)cc2)o1. The molecule has 0 saturated carbocycles. The Morgan fingerprint density at radius 2 is 2.00 bits per heavy atom. The predicted molar refractivity (Wildman–Crippen MR) is 98.8 cm³/mol. The quantitative estimate of drug-likeness (QED) is 0.756. The molecule has 1 N–H and O–H groups in total. The van der Waals surface area contributed by atoms with Gasteiger partial charge in [-0.15, -0.1) is 10.2 Å². The van der Waals surface area contributed by atoms with Crippen LogP contribution < -0.4 is 10.2 Å². The Morgan fingerprint density at radius 1 is 1.25 bits per heavy atom. The topological polar surface area (TPSA) is 71.3 Å². The van der Waals surface area contributed by atoms with Crippen LogP contribution in [-0.4, -0.2) is 41.2 Å². The number of nitrogens with zero attached hydrogens (tertiary/aromatic N) is 3. The van der Waals surface area contributed by atoms with Crippen LogP contribution in [0.15, 0.2) is 33.9 Å². The van der Waals surface area contributed by atoms with E-state index in [0.717, 1.165) is 18.8 Å². The molecule has 0 spiro atoms. The molecule has 1 aliphatic rings. The van der Waals surface area contributed by atoms with Crippen molar-refractivity contribution in [3.8, 4) is 0 Å². The maximum atomic E-state index is 12.0. The van der Waals surface area contributed by atoms with E-state index in [1.807, 2.05) is 18.4 Å². The zero-order valence-corrected chi connectivity index (χ0v) is 15.2. The number of thioether (sulfide) groups is 2. The van der Waals surface area contributed by atoms with Crippen molar-refractivity contribution < 1.29 is 9.21 Å². The standard InChI is InChI=1S/C16H20N4O2S2/c1-23-11-15-18-19-16(22-15)24-10-14(21)17-12-4-6-13(7-5-12)20-8-2-3-9-20/h4-7H,2-3,8-11H2,1H3,(H,17,21). The van der Waals surface area contributed by atoms with Crippen molar-refractivity contribution in [1.82, 2.24) is 10.2 Å². The number of nitrogens with one attached hydrogen (secondary N) is 1. The second kappa shape index (κ2) is 8.43. The molecule has 8 heteroatoms. The van der Waals surface area contributed by atoms with E-state index in [-0.39, 0.29) is 11.7 Å². The number of anilines is 2. The van der Waals surface area contributed by atoms with E-state index in [9.17, 15) is 4.79 Å². The molecule has 6 nitrogen and oxygen atoms in total. The lowest BCUT2D eigenvalue weighted by atomic mass is 10.2. The lowest BCUT2D eigenvalue weighted by Gasteiger charge is -2.17. The Labute approximate surface area is 149 Å². The highest BCUT2D eigenvalue weighted by atomic mass is 32.2. The van der Waals surface area contributed by atoms with Gasteiger partial charge < -0.3 is 14.6 Å². The fourth-order valence-corrected chi connectivity index (χ4v) is 3.48. The fourth-order valence-electron chi connectivity index (χ4n) is 2.53. The molecule has 2 aromatic rings. The van der Waals surface area contributed by atoms with E-state index >= 15 is 0 Å². The summed E-state index contributed by atoms with van der Waals surface area (Å²) in [5.74, 6) is 1.43. The van der Waals surface area contributed by atoms with Crippen LogP contribution in [-0.2, 0) is 10.5 Å². The number of carbonyl (C=O) groups is 1. The molecule has 0 unspecified atom stereocenters. The Hall–Kier alpha value is -1.67. The minimum atomic E-state index is -0.0847. The van der Waals surface area contributed by atoms with Gasteiger partial charge in [0.05, 0.1) is 11.5 Å². The van der Waals surface area contributed by atoms with Crippen LogP contribution in [0.2, 0.25) is 0 Å². The molecular weight excluding hydrogens is 344 g/mol. The van der Waals surface area contributed by atoms with Crippen LogP contribution in [0.4, 0.5) is 11.4 Å². The highest BCUT2D eigenvalue weighted by Crippen LogP contribution is 2.22. The van der Waals surface area contributed by atoms with Crippen LogP contribution in [0.5, 0.6) is 0 Å². The van der Waals surface area contributed by atoms with Crippen molar-refractivity contribution in [2.75, 3.05) is 35.3 Å². The van der Waals surface area contributed by atoms with E-state index in [1.54, 1.807) is 11.8 Å². The zero-order chi connectivity index (χ0) is 16.8.